The molecular weight excluding hydrogens is 312 g/mol. The van der Waals surface area contributed by atoms with Crippen LogP contribution in [0.1, 0.15) is 22.8 Å². The monoisotopic (exact) mass is 330 g/mol. The molecule has 1 N–H and O–H groups in total. The fourth-order valence-electron chi connectivity index (χ4n) is 2.18. The standard InChI is InChI=1S/C18H19ClN2O2/c1-14(22)21(13-16-9-5-6-10-17(16)19)12-11-20-18(23)15-7-3-2-4-8-15/h2-10H,11-13H2,1H3,(H,20,23). The van der Waals surface area contributed by atoms with E-state index >= 15 is 0 Å². The van der Waals surface area contributed by atoms with Crippen LogP contribution in [-0.2, 0) is 11.3 Å². The van der Waals surface area contributed by atoms with Crippen molar-refractivity contribution in [2.75, 3.05) is 13.1 Å². The van der Waals surface area contributed by atoms with Crippen molar-refractivity contribution >= 4 is 23.4 Å². The summed E-state index contributed by atoms with van der Waals surface area (Å²) >= 11 is 6.13. The summed E-state index contributed by atoms with van der Waals surface area (Å²) in [5, 5.41) is 3.45. The lowest BCUT2D eigenvalue weighted by molar-refractivity contribution is -0.129. The highest BCUT2D eigenvalue weighted by molar-refractivity contribution is 6.31. The minimum absolute atomic E-state index is 0.0566. The molecule has 0 unspecified atom stereocenters. The number of nitrogens with zero attached hydrogens (tertiary/aromatic N) is 1. The van der Waals surface area contributed by atoms with Crippen LogP contribution in [0, 0.1) is 0 Å². The van der Waals surface area contributed by atoms with Gasteiger partial charge < -0.3 is 10.2 Å². The number of halogens is 1. The summed E-state index contributed by atoms with van der Waals surface area (Å²) in [6.45, 7) is 2.75. The fraction of sp³-hybridized carbons (Fsp3) is 0.222. The second kappa shape index (κ2) is 8.34. The zero-order valence-corrected chi connectivity index (χ0v) is 13.7. The summed E-state index contributed by atoms with van der Waals surface area (Å²) < 4.78 is 0. The highest BCUT2D eigenvalue weighted by Crippen LogP contribution is 2.16. The number of rotatable bonds is 6. The minimum atomic E-state index is -0.146. The Labute approximate surface area is 141 Å². The first kappa shape index (κ1) is 17.0. The van der Waals surface area contributed by atoms with Gasteiger partial charge in [-0.15, -0.1) is 0 Å². The first-order chi connectivity index (χ1) is 11.1. The Morgan fingerprint density at radius 1 is 1.04 bits per heavy atom. The van der Waals surface area contributed by atoms with Gasteiger partial charge in [0.1, 0.15) is 0 Å². The molecule has 0 saturated carbocycles. The zero-order valence-electron chi connectivity index (χ0n) is 13.0. The van der Waals surface area contributed by atoms with E-state index in [1.165, 1.54) is 6.92 Å². The molecule has 0 saturated heterocycles. The van der Waals surface area contributed by atoms with Gasteiger partial charge in [0, 0.05) is 37.1 Å². The maximum atomic E-state index is 12.0. The van der Waals surface area contributed by atoms with Crippen molar-refractivity contribution in [2.24, 2.45) is 0 Å². The highest BCUT2D eigenvalue weighted by atomic mass is 35.5. The summed E-state index contributed by atoms with van der Waals surface area (Å²) in [5.74, 6) is -0.203. The van der Waals surface area contributed by atoms with E-state index < -0.39 is 0 Å². The summed E-state index contributed by atoms with van der Waals surface area (Å²) in [6.07, 6.45) is 0. The van der Waals surface area contributed by atoms with Crippen LogP contribution >= 0.6 is 11.6 Å². The van der Waals surface area contributed by atoms with Crippen LogP contribution in [-0.4, -0.2) is 29.8 Å². The van der Waals surface area contributed by atoms with E-state index in [1.807, 2.05) is 36.4 Å². The molecule has 2 aromatic rings. The molecule has 4 nitrogen and oxygen atoms in total. The average molecular weight is 331 g/mol. The van der Waals surface area contributed by atoms with E-state index in [9.17, 15) is 9.59 Å². The Balaban J connectivity index is 1.89. The first-order valence-electron chi connectivity index (χ1n) is 7.40. The van der Waals surface area contributed by atoms with Gasteiger partial charge in [-0.3, -0.25) is 9.59 Å². The number of hydrogen-bond donors (Lipinski definition) is 1. The summed E-state index contributed by atoms with van der Waals surface area (Å²) in [4.78, 5) is 25.4. The second-order valence-corrected chi connectivity index (χ2v) is 5.56. The van der Waals surface area contributed by atoms with Gasteiger partial charge in [0.15, 0.2) is 0 Å². The molecule has 0 heterocycles. The van der Waals surface area contributed by atoms with Crippen LogP contribution < -0.4 is 5.32 Å². The van der Waals surface area contributed by atoms with Crippen molar-refractivity contribution in [3.8, 4) is 0 Å². The van der Waals surface area contributed by atoms with Crippen molar-refractivity contribution in [3.63, 3.8) is 0 Å². The quantitative estimate of drug-likeness (QED) is 0.884. The molecule has 0 aliphatic heterocycles. The lowest BCUT2D eigenvalue weighted by Gasteiger charge is -2.22. The van der Waals surface area contributed by atoms with Crippen molar-refractivity contribution in [3.05, 3.63) is 70.7 Å². The third-order valence-electron chi connectivity index (χ3n) is 3.47. The summed E-state index contributed by atoms with van der Waals surface area (Å²) in [6, 6.07) is 16.4. The average Bonchev–Trinajstić information content (AvgIpc) is 2.56. The summed E-state index contributed by atoms with van der Waals surface area (Å²) in [7, 11) is 0. The number of hydrogen-bond acceptors (Lipinski definition) is 2. The second-order valence-electron chi connectivity index (χ2n) is 5.15. The Bertz CT molecular complexity index is 674. The minimum Gasteiger partial charge on any atom is -0.350 e. The molecule has 120 valence electrons. The van der Waals surface area contributed by atoms with Crippen molar-refractivity contribution in [1.29, 1.82) is 0 Å². The Morgan fingerprint density at radius 2 is 1.70 bits per heavy atom. The molecule has 0 aliphatic rings. The number of nitrogens with one attached hydrogen (secondary N) is 1. The van der Waals surface area contributed by atoms with Crippen LogP contribution in [0.15, 0.2) is 54.6 Å². The Hall–Kier alpha value is -2.33. The molecule has 5 heteroatoms. The Morgan fingerprint density at radius 3 is 2.35 bits per heavy atom. The number of carbonyl (C=O) groups excluding carboxylic acids is 2. The van der Waals surface area contributed by atoms with Crippen LogP contribution in [0.4, 0.5) is 0 Å². The van der Waals surface area contributed by atoms with Crippen molar-refractivity contribution in [2.45, 2.75) is 13.5 Å². The van der Waals surface area contributed by atoms with Crippen LogP contribution in [0.2, 0.25) is 5.02 Å². The van der Waals surface area contributed by atoms with E-state index in [4.69, 9.17) is 11.6 Å². The maximum absolute atomic E-state index is 12.0. The van der Waals surface area contributed by atoms with E-state index in [-0.39, 0.29) is 11.8 Å². The summed E-state index contributed by atoms with van der Waals surface area (Å²) in [5.41, 5.74) is 1.49. The normalized spacial score (nSPS) is 10.2. The molecule has 2 rings (SSSR count). The lowest BCUT2D eigenvalue weighted by atomic mass is 10.2. The lowest BCUT2D eigenvalue weighted by Crippen LogP contribution is -2.37. The maximum Gasteiger partial charge on any atom is 0.251 e. The van der Waals surface area contributed by atoms with E-state index in [2.05, 4.69) is 5.32 Å². The van der Waals surface area contributed by atoms with E-state index in [0.29, 0.717) is 30.2 Å². The first-order valence-corrected chi connectivity index (χ1v) is 7.78. The smallest absolute Gasteiger partial charge is 0.251 e. The van der Waals surface area contributed by atoms with Crippen LogP contribution in [0.3, 0.4) is 0 Å². The van der Waals surface area contributed by atoms with Gasteiger partial charge in [-0.25, -0.2) is 0 Å². The molecule has 0 aliphatic carbocycles. The van der Waals surface area contributed by atoms with E-state index in [0.717, 1.165) is 5.56 Å². The predicted molar refractivity (Wildman–Crippen MR) is 91.3 cm³/mol. The highest BCUT2D eigenvalue weighted by Gasteiger charge is 2.12. The van der Waals surface area contributed by atoms with Gasteiger partial charge in [0.2, 0.25) is 5.91 Å². The zero-order chi connectivity index (χ0) is 16.7. The fourth-order valence-corrected chi connectivity index (χ4v) is 2.37. The number of benzene rings is 2. The largest absolute Gasteiger partial charge is 0.350 e. The molecular formula is C18H19ClN2O2. The number of carbonyl (C=O) groups is 2. The topological polar surface area (TPSA) is 49.4 Å². The molecule has 2 amide bonds. The molecule has 0 fully saturated rings. The van der Waals surface area contributed by atoms with Gasteiger partial charge in [-0.1, -0.05) is 48.0 Å². The SMILES string of the molecule is CC(=O)N(CCNC(=O)c1ccccc1)Cc1ccccc1Cl. The molecule has 0 bridgehead atoms. The van der Waals surface area contributed by atoms with Crippen molar-refractivity contribution in [1.82, 2.24) is 10.2 Å². The molecule has 0 spiro atoms. The van der Waals surface area contributed by atoms with Crippen LogP contribution in [0.25, 0.3) is 0 Å². The van der Waals surface area contributed by atoms with Gasteiger partial charge >= 0.3 is 0 Å². The molecule has 0 aromatic heterocycles. The predicted octanol–water partition coefficient (Wildman–Crippen LogP) is 3.12. The van der Waals surface area contributed by atoms with Gasteiger partial charge in [0.05, 0.1) is 0 Å². The molecule has 0 atom stereocenters. The molecule has 0 radical (unpaired) electrons. The third-order valence-corrected chi connectivity index (χ3v) is 3.84. The van der Waals surface area contributed by atoms with Gasteiger partial charge in [0.25, 0.3) is 5.91 Å². The van der Waals surface area contributed by atoms with Crippen LogP contribution in [0.5, 0.6) is 0 Å². The van der Waals surface area contributed by atoms with E-state index in [1.54, 1.807) is 23.1 Å². The molecule has 2 aromatic carbocycles. The third kappa shape index (κ3) is 5.11. The van der Waals surface area contributed by atoms with Gasteiger partial charge in [-0.2, -0.15) is 0 Å². The van der Waals surface area contributed by atoms with Crippen molar-refractivity contribution < 1.29 is 9.59 Å². The van der Waals surface area contributed by atoms with Gasteiger partial charge in [-0.05, 0) is 23.8 Å². The molecule has 23 heavy (non-hydrogen) atoms. The Kier molecular flexibility index (Phi) is 6.18. The number of amides is 2.